The monoisotopic (exact) mass is 405 g/mol. The van der Waals surface area contributed by atoms with Gasteiger partial charge in [0.2, 0.25) is 0 Å². The Bertz CT molecular complexity index is 689. The van der Waals surface area contributed by atoms with Crippen LogP contribution in [0.25, 0.3) is 6.08 Å². The summed E-state index contributed by atoms with van der Waals surface area (Å²) >= 11 is 1.40. The van der Waals surface area contributed by atoms with Crippen LogP contribution in [0.15, 0.2) is 28.1 Å². The van der Waals surface area contributed by atoms with Crippen LogP contribution in [-0.4, -0.2) is 66.3 Å². The Balaban J connectivity index is 0.00000156. The molecule has 9 heteroatoms. The number of halogens is 2. The number of hydrogen-bond donors (Lipinski definition) is 1. The molecule has 1 N–H and O–H groups in total. The van der Waals surface area contributed by atoms with E-state index >= 15 is 0 Å². The van der Waals surface area contributed by atoms with Gasteiger partial charge in [-0.2, -0.15) is 4.99 Å². The van der Waals surface area contributed by atoms with Crippen LogP contribution in [0.3, 0.4) is 0 Å². The van der Waals surface area contributed by atoms with Gasteiger partial charge in [0.1, 0.15) is 0 Å². The van der Waals surface area contributed by atoms with Gasteiger partial charge >= 0.3 is 0 Å². The third-order valence-corrected chi connectivity index (χ3v) is 4.93. The first-order chi connectivity index (χ1) is 11.1. The van der Waals surface area contributed by atoms with Crippen molar-refractivity contribution in [1.29, 1.82) is 0 Å². The molecule has 0 aromatic heterocycles. The van der Waals surface area contributed by atoms with Crippen LogP contribution in [0.5, 0.6) is 11.5 Å². The van der Waals surface area contributed by atoms with Crippen LogP contribution in [0, 0.1) is 0 Å². The summed E-state index contributed by atoms with van der Waals surface area (Å²) in [5, 5.41) is 10.4. The molecule has 0 radical (unpaired) electrons. The molecule has 0 atom stereocenters. The molecular weight excluding hydrogens is 385 g/mol. The molecule has 1 saturated heterocycles. The van der Waals surface area contributed by atoms with Gasteiger partial charge in [0.25, 0.3) is 5.91 Å². The quantitative estimate of drug-likeness (QED) is 0.762. The number of piperazine rings is 1. The number of thioether (sulfide) groups is 1. The lowest BCUT2D eigenvalue weighted by Crippen LogP contribution is -2.46. The van der Waals surface area contributed by atoms with Crippen molar-refractivity contribution >= 4 is 53.7 Å². The number of carbonyl (C=O) groups is 1. The topological polar surface area (TPSA) is 65.4 Å². The first-order valence-electron chi connectivity index (χ1n) is 7.40. The number of amides is 1. The number of phenols is 1. The van der Waals surface area contributed by atoms with Gasteiger partial charge in [-0.15, -0.1) is 24.8 Å². The molecule has 0 saturated carbocycles. The van der Waals surface area contributed by atoms with Crippen LogP contribution in [0.2, 0.25) is 0 Å². The summed E-state index contributed by atoms with van der Waals surface area (Å²) in [6.07, 6.45) is 1.78. The second kappa shape index (κ2) is 9.33. The third kappa shape index (κ3) is 5.04. The van der Waals surface area contributed by atoms with Gasteiger partial charge in [-0.3, -0.25) is 4.79 Å². The second-order valence-electron chi connectivity index (χ2n) is 5.53. The number of aliphatic imine (C=N–C) groups is 1. The fourth-order valence-electron chi connectivity index (χ4n) is 2.47. The standard InChI is InChI=1S/C16H19N3O3S.2ClH/c1-18-5-7-19(8-6-18)16-17-15(21)14(23-16)10-11-3-4-12(20)13(9-11)22-2;;/h3-4,9-10,20H,5-8H2,1-2H3;2*1H/b14-10-;;. The highest BCUT2D eigenvalue weighted by molar-refractivity contribution is 8.18. The van der Waals surface area contributed by atoms with E-state index in [9.17, 15) is 9.90 Å². The molecule has 1 amide bonds. The van der Waals surface area contributed by atoms with E-state index in [2.05, 4.69) is 21.8 Å². The number of likely N-dealkylation sites (N-methyl/N-ethyl adjacent to an activating group) is 1. The number of nitrogens with zero attached hydrogens (tertiary/aromatic N) is 3. The summed E-state index contributed by atoms with van der Waals surface area (Å²) in [5.74, 6) is 0.250. The molecule has 2 aliphatic heterocycles. The summed E-state index contributed by atoms with van der Waals surface area (Å²) in [6.45, 7) is 3.72. The molecule has 25 heavy (non-hydrogen) atoms. The van der Waals surface area contributed by atoms with E-state index in [-0.39, 0.29) is 36.5 Å². The maximum Gasteiger partial charge on any atom is 0.286 e. The van der Waals surface area contributed by atoms with E-state index in [1.807, 2.05) is 0 Å². The average molecular weight is 406 g/mol. The van der Waals surface area contributed by atoms with Crippen molar-refractivity contribution in [2.24, 2.45) is 4.99 Å². The fraction of sp³-hybridized carbons (Fsp3) is 0.375. The van der Waals surface area contributed by atoms with E-state index < -0.39 is 0 Å². The zero-order valence-electron chi connectivity index (χ0n) is 14.0. The minimum absolute atomic E-state index is 0. The van der Waals surface area contributed by atoms with Crippen molar-refractivity contribution in [1.82, 2.24) is 9.80 Å². The van der Waals surface area contributed by atoms with Crippen molar-refractivity contribution < 1.29 is 14.6 Å². The molecule has 1 aromatic rings. The third-order valence-electron chi connectivity index (χ3n) is 3.88. The first-order valence-corrected chi connectivity index (χ1v) is 8.21. The fourth-order valence-corrected chi connectivity index (χ4v) is 3.43. The summed E-state index contributed by atoms with van der Waals surface area (Å²) in [4.78, 5) is 21.3. The zero-order chi connectivity index (χ0) is 16.4. The van der Waals surface area contributed by atoms with E-state index in [1.54, 1.807) is 24.3 Å². The van der Waals surface area contributed by atoms with Crippen molar-refractivity contribution in [3.8, 4) is 11.5 Å². The minimum atomic E-state index is -0.212. The molecule has 3 rings (SSSR count). The van der Waals surface area contributed by atoms with Crippen molar-refractivity contribution in [3.63, 3.8) is 0 Å². The first kappa shape index (κ1) is 21.6. The van der Waals surface area contributed by atoms with Gasteiger partial charge in [-0.25, -0.2) is 0 Å². The summed E-state index contributed by atoms with van der Waals surface area (Å²) in [6, 6.07) is 4.99. The Morgan fingerprint density at radius 1 is 1.24 bits per heavy atom. The number of rotatable bonds is 2. The number of benzene rings is 1. The smallest absolute Gasteiger partial charge is 0.286 e. The molecule has 0 bridgehead atoms. The maximum absolute atomic E-state index is 12.1. The van der Waals surface area contributed by atoms with Gasteiger partial charge in [-0.1, -0.05) is 6.07 Å². The predicted octanol–water partition coefficient (Wildman–Crippen LogP) is 2.46. The van der Waals surface area contributed by atoms with E-state index in [0.717, 1.165) is 36.9 Å². The van der Waals surface area contributed by atoms with Gasteiger partial charge in [-0.05, 0) is 42.6 Å². The number of amidine groups is 1. The average Bonchev–Trinajstić information content (AvgIpc) is 2.91. The van der Waals surface area contributed by atoms with Crippen LogP contribution < -0.4 is 4.74 Å². The van der Waals surface area contributed by atoms with Crippen LogP contribution in [0.4, 0.5) is 0 Å². The Labute approximate surface area is 163 Å². The maximum atomic E-state index is 12.1. The van der Waals surface area contributed by atoms with Crippen LogP contribution in [0.1, 0.15) is 5.56 Å². The van der Waals surface area contributed by atoms with E-state index in [0.29, 0.717) is 10.7 Å². The Morgan fingerprint density at radius 2 is 1.92 bits per heavy atom. The Hall–Kier alpha value is -1.41. The molecule has 138 valence electrons. The van der Waals surface area contributed by atoms with Gasteiger partial charge in [0.05, 0.1) is 12.0 Å². The highest BCUT2D eigenvalue weighted by Crippen LogP contribution is 2.33. The number of ether oxygens (including phenoxy) is 1. The van der Waals surface area contributed by atoms with Crippen molar-refractivity contribution in [2.45, 2.75) is 0 Å². The molecule has 6 nitrogen and oxygen atoms in total. The zero-order valence-corrected chi connectivity index (χ0v) is 16.4. The Kier molecular flexibility index (Phi) is 8.08. The number of hydrogen-bond acceptors (Lipinski definition) is 6. The van der Waals surface area contributed by atoms with Gasteiger partial charge in [0, 0.05) is 26.2 Å². The molecule has 2 aliphatic rings. The van der Waals surface area contributed by atoms with Crippen LogP contribution >= 0.6 is 36.6 Å². The molecule has 1 aromatic carbocycles. The second-order valence-corrected chi connectivity index (χ2v) is 6.54. The van der Waals surface area contributed by atoms with Gasteiger partial charge in [0.15, 0.2) is 16.7 Å². The predicted molar refractivity (Wildman–Crippen MR) is 106 cm³/mol. The summed E-state index contributed by atoms with van der Waals surface area (Å²) in [7, 11) is 3.59. The normalized spacial score (nSPS) is 19.3. The van der Waals surface area contributed by atoms with Crippen molar-refractivity contribution in [2.75, 3.05) is 40.3 Å². The minimum Gasteiger partial charge on any atom is -0.504 e. The lowest BCUT2D eigenvalue weighted by molar-refractivity contribution is -0.113. The van der Waals surface area contributed by atoms with Crippen molar-refractivity contribution in [3.05, 3.63) is 28.7 Å². The largest absolute Gasteiger partial charge is 0.504 e. The number of carbonyl (C=O) groups excluding carboxylic acids is 1. The van der Waals surface area contributed by atoms with Crippen LogP contribution in [-0.2, 0) is 4.79 Å². The SMILES string of the molecule is COc1cc(/C=C2\SC(N3CCN(C)CC3)=NC2=O)ccc1O.Cl.Cl. The molecule has 2 heterocycles. The number of methoxy groups -OCH3 is 1. The molecular formula is C16H21Cl2N3O3S. The highest BCUT2D eigenvalue weighted by Gasteiger charge is 2.27. The molecule has 0 spiro atoms. The Morgan fingerprint density at radius 3 is 2.56 bits per heavy atom. The lowest BCUT2D eigenvalue weighted by atomic mass is 10.2. The lowest BCUT2D eigenvalue weighted by Gasteiger charge is -2.32. The summed E-state index contributed by atoms with van der Waals surface area (Å²) < 4.78 is 5.09. The van der Waals surface area contributed by atoms with E-state index in [1.165, 1.54) is 18.9 Å². The molecule has 0 unspecified atom stereocenters. The number of phenolic OH excluding ortho intramolecular Hbond substituents is 1. The van der Waals surface area contributed by atoms with Gasteiger partial charge < -0.3 is 19.6 Å². The number of aromatic hydroxyl groups is 1. The molecule has 0 aliphatic carbocycles. The van der Waals surface area contributed by atoms with E-state index in [4.69, 9.17) is 4.74 Å². The summed E-state index contributed by atoms with van der Waals surface area (Å²) in [5.41, 5.74) is 0.797. The highest BCUT2D eigenvalue weighted by atomic mass is 35.5. The molecule has 1 fully saturated rings.